The first-order valence-corrected chi connectivity index (χ1v) is 15.3. The van der Waals surface area contributed by atoms with Crippen molar-refractivity contribution in [1.29, 1.82) is 0 Å². The van der Waals surface area contributed by atoms with E-state index >= 15 is 0 Å². The lowest BCUT2D eigenvalue weighted by atomic mass is 10.1. The number of furan rings is 1. The first kappa shape index (κ1) is 26.8. The van der Waals surface area contributed by atoms with E-state index in [0.29, 0.717) is 56.0 Å². The van der Waals surface area contributed by atoms with Crippen LogP contribution in [-0.2, 0) is 0 Å². The number of aromatic nitrogens is 4. The zero-order valence-corrected chi connectivity index (χ0v) is 24.9. The molecule has 3 heterocycles. The van der Waals surface area contributed by atoms with Gasteiger partial charge in [-0.15, -0.1) is 0 Å². The molecule has 9 rings (SSSR count). The van der Waals surface area contributed by atoms with Gasteiger partial charge in [-0.1, -0.05) is 84.9 Å². The van der Waals surface area contributed by atoms with Crippen molar-refractivity contribution in [3.05, 3.63) is 166 Å². The van der Waals surface area contributed by atoms with Gasteiger partial charge in [-0.3, -0.25) is 18.7 Å². The third kappa shape index (κ3) is 4.29. The number of fused-ring (bicyclic) bond motifs is 5. The minimum absolute atomic E-state index is 0.163. The van der Waals surface area contributed by atoms with Crippen molar-refractivity contribution in [2.24, 2.45) is 0 Å². The van der Waals surface area contributed by atoms with Crippen molar-refractivity contribution in [2.45, 2.75) is 0 Å². The summed E-state index contributed by atoms with van der Waals surface area (Å²) in [5.41, 5.74) is 5.23. The van der Waals surface area contributed by atoms with Crippen LogP contribution in [0.15, 0.2) is 160 Å². The summed E-state index contributed by atoms with van der Waals surface area (Å²) >= 11 is 0. The molecule has 0 radical (unpaired) electrons. The van der Waals surface area contributed by atoms with Crippen LogP contribution in [0, 0.1) is 0 Å². The predicted octanol–water partition coefficient (Wildman–Crippen LogP) is 8.32. The third-order valence-electron chi connectivity index (χ3n) is 8.57. The second-order valence-corrected chi connectivity index (χ2v) is 11.4. The summed E-state index contributed by atoms with van der Waals surface area (Å²) in [4.78, 5) is 38.0. The first-order valence-electron chi connectivity index (χ1n) is 15.3. The highest BCUT2D eigenvalue weighted by Crippen LogP contribution is 2.34. The molecule has 0 saturated heterocycles. The van der Waals surface area contributed by atoms with Gasteiger partial charge < -0.3 is 4.42 Å². The van der Waals surface area contributed by atoms with E-state index in [-0.39, 0.29) is 11.1 Å². The lowest BCUT2D eigenvalue weighted by molar-refractivity contribution is 0.668. The maximum Gasteiger partial charge on any atom is 0.266 e. The summed E-state index contributed by atoms with van der Waals surface area (Å²) in [5.74, 6) is 1.09. The molecule has 9 aromatic rings. The molecule has 0 unspecified atom stereocenters. The fourth-order valence-electron chi connectivity index (χ4n) is 6.34. The lowest BCUT2D eigenvalue weighted by Crippen LogP contribution is -2.22. The van der Waals surface area contributed by atoms with Crippen molar-refractivity contribution >= 4 is 43.7 Å². The molecule has 222 valence electrons. The van der Waals surface area contributed by atoms with Gasteiger partial charge in [0.25, 0.3) is 11.1 Å². The summed E-state index contributed by atoms with van der Waals surface area (Å²) in [6.45, 7) is 0. The van der Waals surface area contributed by atoms with Crippen LogP contribution in [0.3, 0.4) is 0 Å². The highest BCUT2D eigenvalue weighted by molar-refractivity contribution is 6.06. The van der Waals surface area contributed by atoms with Crippen LogP contribution < -0.4 is 11.1 Å². The van der Waals surface area contributed by atoms with Gasteiger partial charge in [-0.25, -0.2) is 9.97 Å². The molecule has 3 aromatic heterocycles. The molecular weight excluding hydrogens is 584 g/mol. The van der Waals surface area contributed by atoms with E-state index in [0.717, 1.165) is 21.9 Å². The summed E-state index contributed by atoms with van der Waals surface area (Å²) in [6, 6.07) is 45.6. The van der Waals surface area contributed by atoms with E-state index in [1.807, 2.05) is 133 Å². The first-order chi connectivity index (χ1) is 23.1. The highest BCUT2D eigenvalue weighted by atomic mass is 16.3. The minimum Gasteiger partial charge on any atom is -0.456 e. The summed E-state index contributed by atoms with van der Waals surface area (Å²) in [6.07, 6.45) is 0. The van der Waals surface area contributed by atoms with Gasteiger partial charge in [0.05, 0.1) is 33.2 Å². The molecule has 0 saturated carbocycles. The summed E-state index contributed by atoms with van der Waals surface area (Å²) < 4.78 is 9.57. The molecule has 7 heteroatoms. The fraction of sp³-hybridized carbons (Fsp3) is 0. The Morgan fingerprint density at radius 1 is 0.426 bits per heavy atom. The molecule has 0 spiro atoms. The van der Waals surface area contributed by atoms with Gasteiger partial charge in [0.2, 0.25) is 0 Å². The van der Waals surface area contributed by atoms with Gasteiger partial charge in [0.1, 0.15) is 22.8 Å². The van der Waals surface area contributed by atoms with Crippen LogP contribution in [0.1, 0.15) is 0 Å². The van der Waals surface area contributed by atoms with Gasteiger partial charge in [-0.05, 0) is 60.7 Å². The maximum absolute atomic E-state index is 14.1. The Bertz CT molecular complexity index is 2590. The molecule has 0 aliphatic carbocycles. The van der Waals surface area contributed by atoms with E-state index in [1.165, 1.54) is 0 Å². The van der Waals surface area contributed by atoms with Crippen LogP contribution in [0.4, 0.5) is 0 Å². The zero-order chi connectivity index (χ0) is 31.5. The molecule has 47 heavy (non-hydrogen) atoms. The normalized spacial score (nSPS) is 11.6. The minimum atomic E-state index is -0.163. The Hall–Kier alpha value is -6.60. The molecule has 0 amide bonds. The van der Waals surface area contributed by atoms with Crippen LogP contribution in [-0.4, -0.2) is 19.1 Å². The zero-order valence-electron chi connectivity index (χ0n) is 24.9. The number of benzene rings is 6. The summed E-state index contributed by atoms with van der Waals surface area (Å²) in [5, 5.41) is 2.68. The fourth-order valence-corrected chi connectivity index (χ4v) is 6.34. The molecule has 7 nitrogen and oxygen atoms in total. The van der Waals surface area contributed by atoms with Crippen LogP contribution in [0.25, 0.3) is 77.9 Å². The largest absolute Gasteiger partial charge is 0.456 e. The SMILES string of the molecule is O=c1c2ccccc2nc(-c2ccccc2)n1-c1ccc2oc3ccc(-n4c(-c5ccccc5)nc5ccccc5c4=O)cc3c2c1. The van der Waals surface area contributed by atoms with Crippen molar-refractivity contribution in [2.75, 3.05) is 0 Å². The van der Waals surface area contributed by atoms with Crippen LogP contribution in [0.5, 0.6) is 0 Å². The predicted molar refractivity (Wildman–Crippen MR) is 186 cm³/mol. The van der Waals surface area contributed by atoms with Crippen LogP contribution in [0.2, 0.25) is 0 Å². The Balaban J connectivity index is 1.30. The standard InChI is InChI=1S/C40H24N4O3/c45-39-29-15-7-9-17-33(29)41-37(25-11-3-1-4-12-25)43(39)27-19-21-35-31(23-27)32-24-28(20-22-36(32)47-35)44-38(26-13-5-2-6-14-26)42-34-18-10-8-16-30(34)40(44)46/h1-24H. The molecular formula is C40H24N4O3. The van der Waals surface area contributed by atoms with Gasteiger partial charge in [0, 0.05) is 21.9 Å². The van der Waals surface area contributed by atoms with Gasteiger partial charge >= 0.3 is 0 Å². The molecule has 0 bridgehead atoms. The van der Waals surface area contributed by atoms with Crippen molar-refractivity contribution in [1.82, 2.24) is 19.1 Å². The Kier molecular flexibility index (Phi) is 5.98. The molecule has 6 aromatic carbocycles. The number of para-hydroxylation sites is 2. The number of rotatable bonds is 4. The van der Waals surface area contributed by atoms with Crippen molar-refractivity contribution in [3.8, 4) is 34.2 Å². The van der Waals surface area contributed by atoms with E-state index < -0.39 is 0 Å². The van der Waals surface area contributed by atoms with E-state index in [2.05, 4.69) is 0 Å². The Morgan fingerprint density at radius 3 is 1.28 bits per heavy atom. The average Bonchev–Trinajstić information content (AvgIpc) is 3.49. The second kappa shape index (κ2) is 10.5. The second-order valence-electron chi connectivity index (χ2n) is 11.4. The Morgan fingerprint density at radius 2 is 0.830 bits per heavy atom. The maximum atomic E-state index is 14.1. The lowest BCUT2D eigenvalue weighted by Gasteiger charge is -2.14. The third-order valence-corrected chi connectivity index (χ3v) is 8.57. The van der Waals surface area contributed by atoms with Crippen molar-refractivity contribution in [3.63, 3.8) is 0 Å². The quantitative estimate of drug-likeness (QED) is 0.201. The molecule has 0 atom stereocenters. The molecule has 0 aliphatic heterocycles. The molecule has 0 fully saturated rings. The van der Waals surface area contributed by atoms with Crippen LogP contribution >= 0.6 is 0 Å². The Labute approximate surface area is 267 Å². The molecule has 0 aliphatic rings. The summed E-state index contributed by atoms with van der Waals surface area (Å²) in [7, 11) is 0. The van der Waals surface area contributed by atoms with Gasteiger partial charge in [0.15, 0.2) is 0 Å². The number of hydrogen-bond acceptors (Lipinski definition) is 5. The monoisotopic (exact) mass is 608 g/mol. The number of nitrogens with zero attached hydrogens (tertiary/aromatic N) is 4. The smallest absolute Gasteiger partial charge is 0.266 e. The highest BCUT2D eigenvalue weighted by Gasteiger charge is 2.19. The van der Waals surface area contributed by atoms with Gasteiger partial charge in [-0.2, -0.15) is 0 Å². The molecule has 0 N–H and O–H groups in total. The number of hydrogen-bond donors (Lipinski definition) is 0. The van der Waals surface area contributed by atoms with E-state index in [9.17, 15) is 9.59 Å². The van der Waals surface area contributed by atoms with Crippen molar-refractivity contribution < 1.29 is 4.42 Å². The topological polar surface area (TPSA) is 82.9 Å². The van der Waals surface area contributed by atoms with E-state index in [4.69, 9.17) is 14.4 Å². The average molecular weight is 609 g/mol. The van der Waals surface area contributed by atoms with E-state index in [1.54, 1.807) is 21.3 Å².